The van der Waals surface area contributed by atoms with Crippen molar-refractivity contribution in [1.82, 2.24) is 10.1 Å². The lowest BCUT2D eigenvalue weighted by Gasteiger charge is -2.10. The largest absolute Gasteiger partial charge is 0.493 e. The standard InChI is InChI=1S/C16H11ClF2N2O3S/c1-22-12-3-2-9(7-13(12)23-16(18)19)6-11(17)15-20-14(21-24-15)10-4-5-25-8-10/h2-8,16H,1H3. The minimum Gasteiger partial charge on any atom is -0.493 e. The second-order valence-electron chi connectivity index (χ2n) is 4.72. The Kier molecular flexibility index (Phi) is 5.30. The summed E-state index contributed by atoms with van der Waals surface area (Å²) in [5, 5.41) is 7.80. The number of alkyl halides is 2. The highest BCUT2D eigenvalue weighted by atomic mass is 35.5. The van der Waals surface area contributed by atoms with Gasteiger partial charge in [-0.1, -0.05) is 22.8 Å². The molecule has 0 atom stereocenters. The number of benzene rings is 1. The molecule has 0 aliphatic heterocycles. The molecule has 3 rings (SSSR count). The minimum absolute atomic E-state index is 0.0970. The number of ether oxygens (including phenoxy) is 2. The molecule has 0 radical (unpaired) electrons. The fourth-order valence-electron chi connectivity index (χ4n) is 2.01. The summed E-state index contributed by atoms with van der Waals surface area (Å²) in [6.07, 6.45) is 1.50. The van der Waals surface area contributed by atoms with Crippen molar-refractivity contribution in [3.05, 3.63) is 46.5 Å². The predicted octanol–water partition coefficient (Wildman–Crippen LogP) is 5.15. The summed E-state index contributed by atoms with van der Waals surface area (Å²) < 4.78 is 39.5. The fourth-order valence-corrected chi connectivity index (χ4v) is 2.85. The molecule has 5 nitrogen and oxygen atoms in total. The van der Waals surface area contributed by atoms with E-state index >= 15 is 0 Å². The van der Waals surface area contributed by atoms with E-state index in [9.17, 15) is 8.78 Å². The third-order valence-corrected chi connectivity index (χ3v) is 4.06. The van der Waals surface area contributed by atoms with Crippen LogP contribution in [0, 0.1) is 0 Å². The molecule has 0 aliphatic rings. The first-order valence-electron chi connectivity index (χ1n) is 6.93. The topological polar surface area (TPSA) is 57.4 Å². The molecule has 0 saturated carbocycles. The van der Waals surface area contributed by atoms with E-state index in [4.69, 9.17) is 20.9 Å². The number of halogens is 3. The van der Waals surface area contributed by atoms with Crippen LogP contribution in [0.1, 0.15) is 11.5 Å². The molecule has 1 aromatic carbocycles. The first-order valence-corrected chi connectivity index (χ1v) is 8.25. The van der Waals surface area contributed by atoms with Crippen molar-refractivity contribution in [2.75, 3.05) is 7.11 Å². The van der Waals surface area contributed by atoms with Gasteiger partial charge in [-0.15, -0.1) is 0 Å². The summed E-state index contributed by atoms with van der Waals surface area (Å²) in [4.78, 5) is 4.21. The lowest BCUT2D eigenvalue weighted by molar-refractivity contribution is -0.0512. The Hall–Kier alpha value is -2.45. The van der Waals surface area contributed by atoms with Gasteiger partial charge in [-0.05, 0) is 35.2 Å². The Morgan fingerprint density at radius 1 is 1.32 bits per heavy atom. The molecule has 2 aromatic heterocycles. The van der Waals surface area contributed by atoms with Gasteiger partial charge in [0.05, 0.1) is 7.11 Å². The van der Waals surface area contributed by atoms with Crippen LogP contribution in [0.4, 0.5) is 8.78 Å². The Balaban J connectivity index is 1.87. The highest BCUT2D eigenvalue weighted by molar-refractivity contribution is 7.08. The number of hydrogen-bond acceptors (Lipinski definition) is 6. The number of rotatable bonds is 6. The van der Waals surface area contributed by atoms with Crippen molar-refractivity contribution in [2.24, 2.45) is 0 Å². The molecule has 3 aromatic rings. The molecule has 0 aliphatic carbocycles. The van der Waals surface area contributed by atoms with Crippen LogP contribution in [0.3, 0.4) is 0 Å². The molecule has 25 heavy (non-hydrogen) atoms. The van der Waals surface area contributed by atoms with E-state index in [1.54, 1.807) is 6.07 Å². The quantitative estimate of drug-likeness (QED) is 0.588. The van der Waals surface area contributed by atoms with E-state index in [2.05, 4.69) is 14.9 Å². The lowest BCUT2D eigenvalue weighted by atomic mass is 10.2. The van der Waals surface area contributed by atoms with Crippen molar-refractivity contribution in [1.29, 1.82) is 0 Å². The first kappa shape index (κ1) is 17.4. The average Bonchev–Trinajstić information content (AvgIpc) is 3.26. The number of aromatic nitrogens is 2. The maximum atomic E-state index is 12.5. The fraction of sp³-hybridized carbons (Fsp3) is 0.125. The summed E-state index contributed by atoms with van der Waals surface area (Å²) in [5.41, 5.74) is 1.33. The van der Waals surface area contributed by atoms with Crippen molar-refractivity contribution in [3.63, 3.8) is 0 Å². The summed E-state index contributed by atoms with van der Waals surface area (Å²) >= 11 is 7.70. The Labute approximate surface area is 150 Å². The smallest absolute Gasteiger partial charge is 0.387 e. The van der Waals surface area contributed by atoms with Crippen LogP contribution in [0.5, 0.6) is 11.5 Å². The van der Waals surface area contributed by atoms with Crippen molar-refractivity contribution >= 4 is 34.0 Å². The highest BCUT2D eigenvalue weighted by Gasteiger charge is 2.14. The summed E-state index contributed by atoms with van der Waals surface area (Å²) in [7, 11) is 1.36. The normalized spacial score (nSPS) is 11.8. The van der Waals surface area contributed by atoms with Crippen LogP contribution < -0.4 is 9.47 Å². The molecule has 0 amide bonds. The van der Waals surface area contributed by atoms with Crippen LogP contribution in [0.15, 0.2) is 39.5 Å². The van der Waals surface area contributed by atoms with Crippen LogP contribution in [-0.2, 0) is 0 Å². The predicted molar refractivity (Wildman–Crippen MR) is 91.0 cm³/mol. The van der Waals surface area contributed by atoms with Crippen LogP contribution in [0.25, 0.3) is 22.5 Å². The molecule has 0 bridgehead atoms. The second kappa shape index (κ2) is 7.62. The molecular weight excluding hydrogens is 374 g/mol. The number of thiophene rings is 1. The van der Waals surface area contributed by atoms with Gasteiger partial charge in [0.15, 0.2) is 11.5 Å². The van der Waals surface area contributed by atoms with Gasteiger partial charge in [-0.3, -0.25) is 0 Å². The first-order chi connectivity index (χ1) is 12.1. The van der Waals surface area contributed by atoms with Crippen molar-refractivity contribution in [3.8, 4) is 22.9 Å². The van der Waals surface area contributed by atoms with Gasteiger partial charge in [-0.2, -0.15) is 25.1 Å². The van der Waals surface area contributed by atoms with E-state index in [1.165, 1.54) is 36.7 Å². The Morgan fingerprint density at radius 3 is 2.84 bits per heavy atom. The third-order valence-electron chi connectivity index (χ3n) is 3.11. The van der Waals surface area contributed by atoms with Gasteiger partial charge >= 0.3 is 6.61 Å². The van der Waals surface area contributed by atoms with Gasteiger partial charge in [0, 0.05) is 10.9 Å². The minimum atomic E-state index is -2.97. The van der Waals surface area contributed by atoms with Crippen molar-refractivity contribution in [2.45, 2.75) is 6.61 Å². The third kappa shape index (κ3) is 4.15. The Bertz CT molecular complexity index is 881. The Morgan fingerprint density at radius 2 is 2.16 bits per heavy atom. The number of methoxy groups -OCH3 is 1. The molecule has 0 unspecified atom stereocenters. The zero-order valence-electron chi connectivity index (χ0n) is 12.8. The van der Waals surface area contributed by atoms with Gasteiger partial charge in [0.25, 0.3) is 5.89 Å². The van der Waals surface area contributed by atoms with Crippen molar-refractivity contribution < 1.29 is 22.8 Å². The van der Waals surface area contributed by atoms with Gasteiger partial charge in [0.1, 0.15) is 5.03 Å². The lowest BCUT2D eigenvalue weighted by Crippen LogP contribution is -2.03. The molecule has 0 spiro atoms. The monoisotopic (exact) mass is 384 g/mol. The number of nitrogens with zero attached hydrogens (tertiary/aromatic N) is 2. The van der Waals surface area contributed by atoms with E-state index < -0.39 is 6.61 Å². The maximum Gasteiger partial charge on any atom is 0.387 e. The number of hydrogen-bond donors (Lipinski definition) is 0. The molecule has 130 valence electrons. The molecule has 0 saturated heterocycles. The molecule has 0 fully saturated rings. The SMILES string of the molecule is COc1ccc(C=C(Cl)c2nc(-c3ccsc3)no2)cc1OC(F)F. The summed E-state index contributed by atoms with van der Waals surface area (Å²) in [5.74, 6) is 0.626. The molecule has 2 heterocycles. The summed E-state index contributed by atoms with van der Waals surface area (Å²) in [6.45, 7) is -2.97. The van der Waals surface area contributed by atoms with Gasteiger partial charge in [-0.25, -0.2) is 0 Å². The van der Waals surface area contributed by atoms with E-state index in [-0.39, 0.29) is 22.4 Å². The van der Waals surface area contributed by atoms with E-state index in [0.29, 0.717) is 11.4 Å². The zero-order chi connectivity index (χ0) is 17.8. The van der Waals surface area contributed by atoms with E-state index in [1.807, 2.05) is 16.8 Å². The van der Waals surface area contributed by atoms with Gasteiger partial charge < -0.3 is 14.0 Å². The second-order valence-corrected chi connectivity index (χ2v) is 5.90. The molecule has 9 heteroatoms. The molecular formula is C16H11ClF2N2O3S. The van der Waals surface area contributed by atoms with E-state index in [0.717, 1.165) is 5.56 Å². The van der Waals surface area contributed by atoms with Crippen LogP contribution in [0.2, 0.25) is 0 Å². The highest BCUT2D eigenvalue weighted by Crippen LogP contribution is 2.32. The molecule has 0 N–H and O–H groups in total. The zero-order valence-corrected chi connectivity index (χ0v) is 14.4. The van der Waals surface area contributed by atoms with Gasteiger partial charge in [0.2, 0.25) is 5.82 Å². The maximum absolute atomic E-state index is 12.5. The van der Waals surface area contributed by atoms with Crippen LogP contribution >= 0.6 is 22.9 Å². The summed E-state index contributed by atoms with van der Waals surface area (Å²) in [6, 6.07) is 6.37. The van der Waals surface area contributed by atoms with Crippen LogP contribution in [-0.4, -0.2) is 23.9 Å². The average molecular weight is 385 g/mol.